The fourth-order valence-electron chi connectivity index (χ4n) is 2.78. The standard InChI is InChI=1S/C19H20ClN3O/c1-22(2)12-7-13-23-16-11-6-10-15(20)18(16)21-17(19(23)24)14-8-4-3-5-9-14/h3-6,8-11H,7,12-13H2,1-2H3. The van der Waals surface area contributed by atoms with Crippen LogP contribution in [0.5, 0.6) is 0 Å². The van der Waals surface area contributed by atoms with Crippen LogP contribution in [-0.4, -0.2) is 35.1 Å². The van der Waals surface area contributed by atoms with E-state index < -0.39 is 0 Å². The van der Waals surface area contributed by atoms with E-state index in [0.29, 0.717) is 22.8 Å². The van der Waals surface area contributed by atoms with Gasteiger partial charge in [-0.2, -0.15) is 0 Å². The van der Waals surface area contributed by atoms with Gasteiger partial charge in [-0.05, 0) is 39.2 Å². The summed E-state index contributed by atoms with van der Waals surface area (Å²) in [5.41, 5.74) is 2.63. The van der Waals surface area contributed by atoms with Gasteiger partial charge in [0.05, 0.1) is 10.5 Å². The van der Waals surface area contributed by atoms with Crippen molar-refractivity contribution in [2.45, 2.75) is 13.0 Å². The molecule has 124 valence electrons. The smallest absolute Gasteiger partial charge is 0.277 e. The van der Waals surface area contributed by atoms with Gasteiger partial charge in [-0.15, -0.1) is 0 Å². The fraction of sp³-hybridized carbons (Fsp3) is 0.263. The Morgan fingerprint density at radius 2 is 1.83 bits per heavy atom. The van der Waals surface area contributed by atoms with Crippen molar-refractivity contribution in [3.05, 3.63) is 63.9 Å². The Hall–Kier alpha value is -2.17. The van der Waals surface area contributed by atoms with Crippen molar-refractivity contribution in [1.29, 1.82) is 0 Å². The monoisotopic (exact) mass is 341 g/mol. The number of benzene rings is 2. The van der Waals surface area contributed by atoms with E-state index in [2.05, 4.69) is 9.88 Å². The van der Waals surface area contributed by atoms with Crippen LogP contribution in [0, 0.1) is 0 Å². The van der Waals surface area contributed by atoms with Crippen molar-refractivity contribution >= 4 is 22.6 Å². The van der Waals surface area contributed by atoms with E-state index in [1.165, 1.54) is 0 Å². The largest absolute Gasteiger partial charge is 0.309 e. The molecule has 0 fully saturated rings. The van der Waals surface area contributed by atoms with E-state index in [4.69, 9.17) is 11.6 Å². The normalized spacial score (nSPS) is 11.3. The first-order valence-corrected chi connectivity index (χ1v) is 8.35. The lowest BCUT2D eigenvalue weighted by molar-refractivity contribution is 0.386. The molecule has 0 aliphatic heterocycles. The number of nitrogens with zero attached hydrogens (tertiary/aromatic N) is 3. The molecular formula is C19H20ClN3O. The van der Waals surface area contributed by atoms with Crippen LogP contribution >= 0.6 is 11.6 Å². The first-order chi connectivity index (χ1) is 11.6. The van der Waals surface area contributed by atoms with Gasteiger partial charge in [0.15, 0.2) is 0 Å². The summed E-state index contributed by atoms with van der Waals surface area (Å²) >= 11 is 6.34. The van der Waals surface area contributed by atoms with Gasteiger partial charge < -0.3 is 9.47 Å². The SMILES string of the molecule is CN(C)CCCn1c(=O)c(-c2ccccc2)nc2c(Cl)cccc21. The molecule has 0 unspecified atom stereocenters. The van der Waals surface area contributed by atoms with E-state index in [9.17, 15) is 4.79 Å². The van der Waals surface area contributed by atoms with Crippen LogP contribution < -0.4 is 5.56 Å². The second kappa shape index (κ2) is 7.16. The molecule has 0 aliphatic rings. The summed E-state index contributed by atoms with van der Waals surface area (Å²) < 4.78 is 1.79. The van der Waals surface area contributed by atoms with E-state index >= 15 is 0 Å². The van der Waals surface area contributed by atoms with Crippen molar-refractivity contribution in [3.63, 3.8) is 0 Å². The summed E-state index contributed by atoms with van der Waals surface area (Å²) in [4.78, 5) is 19.7. The van der Waals surface area contributed by atoms with E-state index in [0.717, 1.165) is 24.0 Å². The Kier molecular flexibility index (Phi) is 4.97. The second-order valence-corrected chi connectivity index (χ2v) is 6.45. The molecule has 24 heavy (non-hydrogen) atoms. The molecule has 3 aromatic rings. The number of fused-ring (bicyclic) bond motifs is 1. The molecule has 0 atom stereocenters. The molecule has 0 aliphatic carbocycles. The third-order valence-corrected chi connectivity index (χ3v) is 4.27. The number of aromatic nitrogens is 2. The topological polar surface area (TPSA) is 38.1 Å². The zero-order valence-corrected chi connectivity index (χ0v) is 14.6. The predicted octanol–water partition coefficient (Wildman–Crippen LogP) is 3.67. The molecule has 0 amide bonds. The molecule has 1 aromatic heterocycles. The quantitative estimate of drug-likeness (QED) is 0.710. The third-order valence-electron chi connectivity index (χ3n) is 3.96. The summed E-state index contributed by atoms with van der Waals surface area (Å²) in [5.74, 6) is 0. The van der Waals surface area contributed by atoms with Gasteiger partial charge in [-0.1, -0.05) is 48.0 Å². The second-order valence-electron chi connectivity index (χ2n) is 6.05. The highest BCUT2D eigenvalue weighted by molar-refractivity contribution is 6.34. The van der Waals surface area contributed by atoms with Crippen LogP contribution in [-0.2, 0) is 6.54 Å². The van der Waals surface area contributed by atoms with Crippen LogP contribution in [0.25, 0.3) is 22.3 Å². The summed E-state index contributed by atoms with van der Waals surface area (Å²) in [5, 5.41) is 0.561. The molecular weight excluding hydrogens is 322 g/mol. The lowest BCUT2D eigenvalue weighted by Crippen LogP contribution is -2.25. The number of rotatable bonds is 5. The van der Waals surface area contributed by atoms with Crippen molar-refractivity contribution in [2.75, 3.05) is 20.6 Å². The summed E-state index contributed by atoms with van der Waals surface area (Å²) in [6, 6.07) is 15.1. The average Bonchev–Trinajstić information content (AvgIpc) is 2.57. The van der Waals surface area contributed by atoms with Gasteiger partial charge in [-0.25, -0.2) is 4.98 Å². The highest BCUT2D eigenvalue weighted by Crippen LogP contribution is 2.23. The van der Waals surface area contributed by atoms with Crippen molar-refractivity contribution in [3.8, 4) is 11.3 Å². The minimum Gasteiger partial charge on any atom is -0.309 e. The lowest BCUT2D eigenvalue weighted by atomic mass is 10.1. The summed E-state index contributed by atoms with van der Waals surface area (Å²) in [6.45, 7) is 1.55. The molecule has 4 nitrogen and oxygen atoms in total. The molecule has 0 N–H and O–H groups in total. The Morgan fingerprint density at radius 1 is 1.08 bits per heavy atom. The van der Waals surface area contributed by atoms with Gasteiger partial charge >= 0.3 is 0 Å². The van der Waals surface area contributed by atoms with Gasteiger partial charge in [0.2, 0.25) is 0 Å². The Balaban J connectivity index is 2.18. The minimum absolute atomic E-state index is 0.0743. The maximum atomic E-state index is 13.0. The number of hydrogen-bond donors (Lipinski definition) is 0. The summed E-state index contributed by atoms with van der Waals surface area (Å²) in [6.07, 6.45) is 0.882. The highest BCUT2D eigenvalue weighted by Gasteiger charge is 2.14. The van der Waals surface area contributed by atoms with Crippen LogP contribution in [0.1, 0.15) is 6.42 Å². The molecule has 2 aromatic carbocycles. The minimum atomic E-state index is -0.0743. The average molecular weight is 342 g/mol. The molecule has 0 radical (unpaired) electrons. The fourth-order valence-corrected chi connectivity index (χ4v) is 2.99. The van der Waals surface area contributed by atoms with E-state index in [1.54, 1.807) is 10.6 Å². The van der Waals surface area contributed by atoms with Crippen LogP contribution in [0.3, 0.4) is 0 Å². The van der Waals surface area contributed by atoms with Gasteiger partial charge in [0.25, 0.3) is 5.56 Å². The van der Waals surface area contributed by atoms with E-state index in [-0.39, 0.29) is 5.56 Å². The number of hydrogen-bond acceptors (Lipinski definition) is 3. The first-order valence-electron chi connectivity index (χ1n) is 7.97. The zero-order chi connectivity index (χ0) is 17.1. The molecule has 0 saturated carbocycles. The number of halogens is 1. The van der Waals surface area contributed by atoms with Gasteiger partial charge in [-0.3, -0.25) is 4.79 Å². The van der Waals surface area contributed by atoms with Crippen LogP contribution in [0.2, 0.25) is 5.02 Å². The lowest BCUT2D eigenvalue weighted by Gasteiger charge is -2.15. The van der Waals surface area contributed by atoms with Gasteiger partial charge in [0.1, 0.15) is 11.2 Å². The number of aryl methyl sites for hydroxylation is 1. The molecule has 3 rings (SSSR count). The Bertz CT molecular complexity index is 904. The summed E-state index contributed by atoms with van der Waals surface area (Å²) in [7, 11) is 4.05. The maximum absolute atomic E-state index is 13.0. The predicted molar refractivity (Wildman–Crippen MR) is 99.6 cm³/mol. The molecule has 0 saturated heterocycles. The maximum Gasteiger partial charge on any atom is 0.277 e. The first kappa shape index (κ1) is 16.7. The number of para-hydroxylation sites is 1. The van der Waals surface area contributed by atoms with Crippen molar-refractivity contribution < 1.29 is 0 Å². The highest BCUT2D eigenvalue weighted by atomic mass is 35.5. The van der Waals surface area contributed by atoms with Crippen LogP contribution in [0.15, 0.2) is 53.3 Å². The molecule has 0 bridgehead atoms. The van der Waals surface area contributed by atoms with Crippen LogP contribution in [0.4, 0.5) is 0 Å². The van der Waals surface area contributed by atoms with Crippen molar-refractivity contribution in [2.24, 2.45) is 0 Å². The Morgan fingerprint density at radius 3 is 2.54 bits per heavy atom. The molecule has 1 heterocycles. The Labute approximate surface area is 146 Å². The van der Waals surface area contributed by atoms with E-state index in [1.807, 2.05) is 56.6 Å². The third kappa shape index (κ3) is 3.35. The van der Waals surface area contributed by atoms with Gasteiger partial charge in [0, 0.05) is 12.1 Å². The zero-order valence-electron chi connectivity index (χ0n) is 13.9. The van der Waals surface area contributed by atoms with Crippen molar-refractivity contribution in [1.82, 2.24) is 14.5 Å². The molecule has 5 heteroatoms. The molecule has 0 spiro atoms.